The van der Waals surface area contributed by atoms with Crippen molar-refractivity contribution < 1.29 is 23.7 Å². The number of aromatic nitrogens is 7. The molecule has 282 valence electrons. The third-order valence-corrected chi connectivity index (χ3v) is 11.5. The second-order valence-corrected chi connectivity index (χ2v) is 16.3. The number of amides is 1. The summed E-state index contributed by atoms with van der Waals surface area (Å²) in [6, 6.07) is 4.41. The van der Waals surface area contributed by atoms with E-state index < -0.39 is 11.7 Å². The van der Waals surface area contributed by atoms with Crippen LogP contribution in [0.15, 0.2) is 30.7 Å². The van der Waals surface area contributed by atoms with Crippen LogP contribution in [0.1, 0.15) is 84.2 Å². The lowest BCUT2D eigenvalue weighted by atomic mass is 9.73. The molecule has 5 aliphatic heterocycles. The van der Waals surface area contributed by atoms with Gasteiger partial charge in [-0.25, -0.2) is 19.4 Å². The molecule has 15 heteroatoms. The van der Waals surface area contributed by atoms with Gasteiger partial charge >= 0.3 is 6.09 Å². The van der Waals surface area contributed by atoms with Gasteiger partial charge in [0.2, 0.25) is 0 Å². The van der Waals surface area contributed by atoms with Crippen molar-refractivity contribution in [2.75, 3.05) is 55.9 Å². The Hall–Kier alpha value is -4.34. The van der Waals surface area contributed by atoms with E-state index in [-0.39, 0.29) is 23.8 Å². The van der Waals surface area contributed by atoms with Crippen LogP contribution in [0, 0.1) is 5.41 Å². The fourth-order valence-corrected chi connectivity index (χ4v) is 8.53. The number of anilines is 3. The molecule has 4 aromatic heterocycles. The normalized spacial score (nSPS) is 24.7. The number of nitrogens with zero attached hydrogens (tertiary/aromatic N) is 9. The second-order valence-electron chi connectivity index (χ2n) is 16.3. The van der Waals surface area contributed by atoms with E-state index >= 15 is 0 Å². The molecule has 0 aliphatic carbocycles. The quantitative estimate of drug-likeness (QED) is 0.274. The number of aryl methyl sites for hydroxylation is 1. The average molecular weight is 727 g/mol. The first-order chi connectivity index (χ1) is 25.6. The molecule has 9 rings (SSSR count). The number of alkyl carbamates (subject to hydrolysis) is 1. The van der Waals surface area contributed by atoms with Crippen molar-refractivity contribution in [3.63, 3.8) is 0 Å². The number of carbonyl (C=O) groups excluding carboxylic acids is 1. The van der Waals surface area contributed by atoms with Crippen molar-refractivity contribution in [3.8, 4) is 11.3 Å². The summed E-state index contributed by atoms with van der Waals surface area (Å²) in [4.78, 5) is 32.8. The molecule has 1 spiro atoms. The first-order valence-corrected chi connectivity index (χ1v) is 19.3. The fourth-order valence-electron chi connectivity index (χ4n) is 8.53. The van der Waals surface area contributed by atoms with Crippen molar-refractivity contribution in [2.24, 2.45) is 5.41 Å². The van der Waals surface area contributed by atoms with Gasteiger partial charge < -0.3 is 34.1 Å². The monoisotopic (exact) mass is 726 g/mol. The van der Waals surface area contributed by atoms with Crippen LogP contribution in [0.4, 0.5) is 22.1 Å². The summed E-state index contributed by atoms with van der Waals surface area (Å²) in [5.41, 5.74) is 4.77. The molecule has 0 bridgehead atoms. The molecular formula is C38H50N10O5. The molecular weight excluding hydrogens is 676 g/mol. The highest BCUT2D eigenvalue weighted by Gasteiger charge is 2.50. The number of hydrogen-bond acceptors (Lipinski definition) is 12. The maximum absolute atomic E-state index is 12.8. The number of rotatable bonds is 6. The zero-order valence-electron chi connectivity index (χ0n) is 31.2. The van der Waals surface area contributed by atoms with Crippen LogP contribution >= 0.6 is 0 Å². The average Bonchev–Trinajstić information content (AvgIpc) is 3.84. The molecule has 0 aromatic carbocycles. The van der Waals surface area contributed by atoms with Gasteiger partial charge in [0.15, 0.2) is 23.2 Å². The summed E-state index contributed by atoms with van der Waals surface area (Å²) in [5.74, 6) is 1.60. The van der Waals surface area contributed by atoms with Crippen LogP contribution in [0.2, 0.25) is 0 Å². The highest BCUT2D eigenvalue weighted by molar-refractivity contribution is 5.88. The van der Waals surface area contributed by atoms with Crippen molar-refractivity contribution in [1.29, 1.82) is 0 Å². The Balaban J connectivity index is 0.986. The van der Waals surface area contributed by atoms with Gasteiger partial charge in [-0.3, -0.25) is 9.67 Å². The minimum absolute atomic E-state index is 0.0957. The van der Waals surface area contributed by atoms with Crippen LogP contribution in [-0.4, -0.2) is 104 Å². The van der Waals surface area contributed by atoms with E-state index in [1.807, 2.05) is 49.5 Å². The number of ether oxygens (including phenoxy) is 4. The molecule has 1 amide bonds. The number of piperidine rings is 1. The van der Waals surface area contributed by atoms with E-state index in [2.05, 4.69) is 38.5 Å². The summed E-state index contributed by atoms with van der Waals surface area (Å²) in [6.07, 6.45) is 11.7. The third kappa shape index (κ3) is 6.50. The Morgan fingerprint density at radius 2 is 1.89 bits per heavy atom. The summed E-state index contributed by atoms with van der Waals surface area (Å²) >= 11 is 0. The topological polar surface area (TPSA) is 147 Å². The first kappa shape index (κ1) is 34.4. The van der Waals surface area contributed by atoms with Crippen LogP contribution in [0.3, 0.4) is 0 Å². The molecule has 3 atom stereocenters. The fraction of sp³-hybridized carbons (Fsp3) is 0.632. The summed E-state index contributed by atoms with van der Waals surface area (Å²) in [6.45, 7) is 12.7. The van der Waals surface area contributed by atoms with Gasteiger partial charge in [0.25, 0.3) is 0 Å². The Labute approximate surface area is 309 Å². The van der Waals surface area contributed by atoms with Gasteiger partial charge in [-0.05, 0) is 84.8 Å². The molecule has 0 radical (unpaired) electrons. The van der Waals surface area contributed by atoms with Crippen molar-refractivity contribution >= 4 is 34.6 Å². The lowest BCUT2D eigenvalue weighted by Crippen LogP contribution is -2.55. The predicted octanol–water partition coefficient (Wildman–Crippen LogP) is 5.34. The van der Waals surface area contributed by atoms with E-state index in [0.717, 1.165) is 110 Å². The lowest BCUT2D eigenvalue weighted by Gasteiger charge is -2.42. The maximum atomic E-state index is 12.8. The van der Waals surface area contributed by atoms with Gasteiger partial charge in [-0.15, -0.1) is 5.10 Å². The molecule has 15 nitrogen and oxygen atoms in total. The Kier molecular flexibility index (Phi) is 8.77. The van der Waals surface area contributed by atoms with Gasteiger partial charge in [-0.1, -0.05) is 0 Å². The SMILES string of the molecule is C[C@@H]1OCC2(CCN(c3cnc4c(N5CCCc6nc(-c7cnn(C8COC8)c7)ccc65)nn(C5CCCCO5)c4n3)CC2)[C@@H]1NC(=O)OC(C)(C)C. The smallest absolute Gasteiger partial charge is 0.407 e. The number of nitrogens with one attached hydrogen (secondary N) is 1. The largest absolute Gasteiger partial charge is 0.444 e. The molecule has 4 aromatic rings. The minimum Gasteiger partial charge on any atom is -0.444 e. The summed E-state index contributed by atoms with van der Waals surface area (Å²) in [5, 5.41) is 13.0. The van der Waals surface area contributed by atoms with E-state index in [1.54, 1.807) is 0 Å². The van der Waals surface area contributed by atoms with Crippen molar-refractivity contribution in [1.82, 2.24) is 39.8 Å². The van der Waals surface area contributed by atoms with Gasteiger partial charge in [0, 0.05) is 43.4 Å². The van der Waals surface area contributed by atoms with Gasteiger partial charge in [0.1, 0.15) is 11.4 Å². The minimum atomic E-state index is -0.565. The predicted molar refractivity (Wildman–Crippen MR) is 197 cm³/mol. The Morgan fingerprint density at radius 3 is 2.64 bits per heavy atom. The van der Waals surface area contributed by atoms with E-state index in [4.69, 9.17) is 39.0 Å². The summed E-state index contributed by atoms with van der Waals surface area (Å²) < 4.78 is 27.3. The standard InChI is InChI=1S/C38H50N10O5/c1-24-33(43-36(49)53-37(2,3)4)38(23-52-24)12-15-45(16-13-38)30-19-39-32-34(42-30)48(31-9-5-6-17-51-31)44-35(32)46-14-7-8-28-29(46)11-10-27(41-28)25-18-40-47(20-25)26-21-50-22-26/h10-11,18-20,24,26,31,33H,5-9,12-17,21-23H2,1-4H3,(H,43,49)/t24-,31?,33+/m0/s1. The second kappa shape index (κ2) is 13.5. The zero-order chi connectivity index (χ0) is 36.3. The molecule has 4 saturated heterocycles. The Morgan fingerprint density at radius 1 is 1.04 bits per heavy atom. The van der Waals surface area contributed by atoms with Crippen LogP contribution in [0.25, 0.3) is 22.4 Å². The van der Waals surface area contributed by atoms with E-state index in [9.17, 15) is 4.79 Å². The zero-order valence-corrected chi connectivity index (χ0v) is 31.2. The van der Waals surface area contributed by atoms with Crippen molar-refractivity contribution in [2.45, 2.75) is 103 Å². The highest BCUT2D eigenvalue weighted by Crippen LogP contribution is 2.44. The van der Waals surface area contributed by atoms with Crippen LogP contribution < -0.4 is 15.1 Å². The molecule has 53 heavy (non-hydrogen) atoms. The maximum Gasteiger partial charge on any atom is 0.407 e. The Bertz CT molecular complexity index is 1970. The number of pyridine rings is 1. The number of hydrogen-bond donors (Lipinski definition) is 1. The molecule has 1 N–H and O–H groups in total. The molecule has 5 aliphatic rings. The molecule has 9 heterocycles. The number of carbonyl (C=O) groups is 1. The first-order valence-electron chi connectivity index (χ1n) is 19.3. The molecule has 4 fully saturated rings. The van der Waals surface area contributed by atoms with Gasteiger partial charge in [-0.2, -0.15) is 5.10 Å². The third-order valence-electron chi connectivity index (χ3n) is 11.5. The van der Waals surface area contributed by atoms with Crippen molar-refractivity contribution in [3.05, 3.63) is 36.4 Å². The van der Waals surface area contributed by atoms with E-state index in [1.165, 1.54) is 0 Å². The molecule has 1 unspecified atom stereocenters. The highest BCUT2D eigenvalue weighted by atomic mass is 16.6. The lowest BCUT2D eigenvalue weighted by molar-refractivity contribution is -0.0368. The van der Waals surface area contributed by atoms with Gasteiger partial charge in [0.05, 0.1) is 67.5 Å². The summed E-state index contributed by atoms with van der Waals surface area (Å²) in [7, 11) is 0. The van der Waals surface area contributed by atoms with Crippen LogP contribution in [0.5, 0.6) is 0 Å². The van der Waals surface area contributed by atoms with E-state index in [0.29, 0.717) is 32.5 Å². The number of fused-ring (bicyclic) bond motifs is 2. The molecule has 0 saturated carbocycles. The van der Waals surface area contributed by atoms with Crippen LogP contribution in [-0.2, 0) is 25.4 Å².